The Morgan fingerprint density at radius 1 is 1.08 bits per heavy atom. The van der Waals surface area contributed by atoms with E-state index in [-0.39, 0.29) is 12.5 Å². The highest BCUT2D eigenvalue weighted by atomic mass is 32.1. The molecule has 3 heterocycles. The van der Waals surface area contributed by atoms with E-state index in [2.05, 4.69) is 5.32 Å². The lowest BCUT2D eigenvalue weighted by Crippen LogP contribution is -2.32. The largest absolute Gasteiger partial charge is 0.468 e. The molecule has 3 aromatic heterocycles. The second-order valence-corrected chi connectivity index (χ2v) is 6.30. The molecule has 7 nitrogen and oxygen atoms in total. The molecule has 3 aromatic rings. The van der Waals surface area contributed by atoms with E-state index in [4.69, 9.17) is 14.6 Å². The Hall–Kier alpha value is -2.84. The summed E-state index contributed by atoms with van der Waals surface area (Å²) in [6.45, 7) is 1.01. The first-order chi connectivity index (χ1) is 12.1. The molecule has 0 radical (unpaired) electrons. The van der Waals surface area contributed by atoms with E-state index in [0.29, 0.717) is 23.7 Å². The van der Waals surface area contributed by atoms with Crippen molar-refractivity contribution in [2.45, 2.75) is 13.1 Å². The van der Waals surface area contributed by atoms with E-state index in [1.807, 2.05) is 17.0 Å². The summed E-state index contributed by atoms with van der Waals surface area (Å²) < 4.78 is 10.7. The molecule has 0 aliphatic carbocycles. The number of anilines is 1. The van der Waals surface area contributed by atoms with E-state index in [0.717, 1.165) is 11.5 Å². The molecule has 0 aliphatic rings. The van der Waals surface area contributed by atoms with Crippen LogP contribution in [0.1, 0.15) is 21.9 Å². The van der Waals surface area contributed by atoms with Gasteiger partial charge < -0.3 is 19.9 Å². The van der Waals surface area contributed by atoms with Crippen LogP contribution in [0.4, 0.5) is 5.00 Å². The van der Waals surface area contributed by atoms with Gasteiger partial charge in [-0.1, -0.05) is 0 Å². The fourth-order valence-corrected chi connectivity index (χ4v) is 3.19. The molecule has 0 spiro atoms. The highest BCUT2D eigenvalue weighted by Gasteiger charge is 2.17. The SMILES string of the molecule is NC(=O)c1ccsc1NC(=O)CN(Cc1ccco1)Cc1ccco1. The van der Waals surface area contributed by atoms with Crippen molar-refractivity contribution in [2.75, 3.05) is 11.9 Å². The summed E-state index contributed by atoms with van der Waals surface area (Å²) in [6.07, 6.45) is 3.18. The Morgan fingerprint density at radius 2 is 1.72 bits per heavy atom. The van der Waals surface area contributed by atoms with Crippen LogP contribution in [0.3, 0.4) is 0 Å². The molecule has 3 rings (SSSR count). The molecule has 0 aliphatic heterocycles. The predicted octanol–water partition coefficient (Wildman–Crippen LogP) is 2.67. The van der Waals surface area contributed by atoms with Gasteiger partial charge in [-0.2, -0.15) is 0 Å². The molecule has 0 saturated heterocycles. The quantitative estimate of drug-likeness (QED) is 0.644. The number of nitrogens with zero attached hydrogens (tertiary/aromatic N) is 1. The maximum atomic E-state index is 12.4. The molecule has 0 fully saturated rings. The van der Waals surface area contributed by atoms with E-state index < -0.39 is 5.91 Å². The molecule has 0 saturated carbocycles. The maximum absolute atomic E-state index is 12.4. The zero-order valence-electron chi connectivity index (χ0n) is 13.3. The van der Waals surface area contributed by atoms with Gasteiger partial charge in [-0.3, -0.25) is 14.5 Å². The fraction of sp³-hybridized carbons (Fsp3) is 0.176. The molecule has 130 valence electrons. The number of carbonyl (C=O) groups excluding carboxylic acids is 2. The van der Waals surface area contributed by atoms with Crippen molar-refractivity contribution in [1.82, 2.24) is 4.90 Å². The molecule has 25 heavy (non-hydrogen) atoms. The highest BCUT2D eigenvalue weighted by Crippen LogP contribution is 2.22. The molecular formula is C17H17N3O4S. The minimum Gasteiger partial charge on any atom is -0.468 e. The predicted molar refractivity (Wildman–Crippen MR) is 93.0 cm³/mol. The van der Waals surface area contributed by atoms with Gasteiger partial charge in [0.15, 0.2) is 0 Å². The second kappa shape index (κ2) is 7.82. The van der Waals surface area contributed by atoms with Crippen molar-refractivity contribution in [1.29, 1.82) is 0 Å². The maximum Gasteiger partial charge on any atom is 0.251 e. The molecule has 0 aromatic carbocycles. The fourth-order valence-electron chi connectivity index (χ4n) is 2.38. The van der Waals surface area contributed by atoms with Gasteiger partial charge in [-0.25, -0.2) is 0 Å². The van der Waals surface area contributed by atoms with Crippen LogP contribution in [0.15, 0.2) is 57.1 Å². The van der Waals surface area contributed by atoms with Crippen molar-refractivity contribution in [3.63, 3.8) is 0 Å². The third-order valence-electron chi connectivity index (χ3n) is 3.47. The number of nitrogens with one attached hydrogen (secondary N) is 1. The van der Waals surface area contributed by atoms with Crippen LogP contribution in [-0.2, 0) is 17.9 Å². The minimum absolute atomic E-state index is 0.109. The smallest absolute Gasteiger partial charge is 0.251 e. The molecular weight excluding hydrogens is 342 g/mol. The number of hydrogen-bond acceptors (Lipinski definition) is 6. The average molecular weight is 359 g/mol. The topological polar surface area (TPSA) is 102 Å². The van der Waals surface area contributed by atoms with Gasteiger partial charge in [0.05, 0.1) is 37.7 Å². The van der Waals surface area contributed by atoms with Gasteiger partial charge in [0.1, 0.15) is 16.5 Å². The van der Waals surface area contributed by atoms with Gasteiger partial charge >= 0.3 is 0 Å². The van der Waals surface area contributed by atoms with E-state index >= 15 is 0 Å². The Kier molecular flexibility index (Phi) is 5.32. The highest BCUT2D eigenvalue weighted by molar-refractivity contribution is 7.14. The summed E-state index contributed by atoms with van der Waals surface area (Å²) in [5, 5.41) is 4.90. The van der Waals surface area contributed by atoms with Gasteiger partial charge in [-0.15, -0.1) is 11.3 Å². The second-order valence-electron chi connectivity index (χ2n) is 5.38. The molecule has 0 bridgehead atoms. The third-order valence-corrected chi connectivity index (χ3v) is 4.30. The summed E-state index contributed by atoms with van der Waals surface area (Å²) in [7, 11) is 0. The van der Waals surface area contributed by atoms with Crippen molar-refractivity contribution in [3.8, 4) is 0 Å². The Balaban J connectivity index is 1.67. The number of rotatable bonds is 8. The zero-order valence-corrected chi connectivity index (χ0v) is 14.1. The zero-order chi connectivity index (χ0) is 17.6. The molecule has 3 N–H and O–H groups in total. The first-order valence-corrected chi connectivity index (χ1v) is 8.44. The Morgan fingerprint density at radius 3 is 2.24 bits per heavy atom. The third kappa shape index (κ3) is 4.59. The van der Waals surface area contributed by atoms with E-state index in [1.54, 1.807) is 36.1 Å². The molecule has 0 unspecified atom stereocenters. The average Bonchev–Trinajstić information content (AvgIpc) is 3.28. The standard InChI is InChI=1S/C17H17N3O4S/c18-16(22)14-5-8-25-17(14)19-15(21)11-20(9-12-3-1-6-23-12)10-13-4-2-7-24-13/h1-8H,9-11H2,(H2,18,22)(H,19,21). The monoisotopic (exact) mass is 359 g/mol. The number of amides is 2. The summed E-state index contributed by atoms with van der Waals surface area (Å²) >= 11 is 1.26. The van der Waals surface area contributed by atoms with Gasteiger partial charge in [0, 0.05) is 0 Å². The van der Waals surface area contributed by atoms with Crippen molar-refractivity contribution >= 4 is 28.2 Å². The summed E-state index contributed by atoms with van der Waals surface area (Å²) in [6, 6.07) is 8.87. The minimum atomic E-state index is -0.570. The molecule has 2 amide bonds. The first kappa shape index (κ1) is 17.0. The lowest BCUT2D eigenvalue weighted by Gasteiger charge is -2.19. The molecule has 0 atom stereocenters. The lowest BCUT2D eigenvalue weighted by molar-refractivity contribution is -0.117. The first-order valence-electron chi connectivity index (χ1n) is 7.56. The lowest BCUT2D eigenvalue weighted by atomic mass is 10.3. The van der Waals surface area contributed by atoms with Crippen LogP contribution >= 0.6 is 11.3 Å². The number of primary amides is 1. The van der Waals surface area contributed by atoms with Crippen LogP contribution in [0.25, 0.3) is 0 Å². The van der Waals surface area contributed by atoms with Crippen molar-refractivity contribution in [3.05, 3.63) is 65.3 Å². The van der Waals surface area contributed by atoms with Crippen LogP contribution < -0.4 is 11.1 Å². The van der Waals surface area contributed by atoms with E-state index in [9.17, 15) is 9.59 Å². The van der Waals surface area contributed by atoms with Crippen LogP contribution in [0, 0.1) is 0 Å². The van der Waals surface area contributed by atoms with Gasteiger partial charge in [-0.05, 0) is 35.7 Å². The Bertz CT molecular complexity index is 788. The summed E-state index contributed by atoms with van der Waals surface area (Å²) in [4.78, 5) is 25.6. The van der Waals surface area contributed by atoms with Gasteiger partial charge in [0.2, 0.25) is 5.91 Å². The summed E-state index contributed by atoms with van der Waals surface area (Å²) in [5.41, 5.74) is 5.61. The Labute approximate surface area is 148 Å². The van der Waals surface area contributed by atoms with Crippen LogP contribution in [-0.4, -0.2) is 23.3 Å². The summed E-state index contributed by atoms with van der Waals surface area (Å²) in [5.74, 6) is 0.671. The molecule has 8 heteroatoms. The van der Waals surface area contributed by atoms with Crippen LogP contribution in [0.2, 0.25) is 0 Å². The number of hydrogen-bond donors (Lipinski definition) is 2. The number of carbonyl (C=O) groups is 2. The van der Waals surface area contributed by atoms with Crippen LogP contribution in [0.5, 0.6) is 0 Å². The number of nitrogens with two attached hydrogens (primary N) is 1. The van der Waals surface area contributed by atoms with Crippen molar-refractivity contribution in [2.24, 2.45) is 5.73 Å². The van der Waals surface area contributed by atoms with E-state index in [1.165, 1.54) is 11.3 Å². The number of thiophene rings is 1. The number of furan rings is 2. The van der Waals surface area contributed by atoms with Crippen molar-refractivity contribution < 1.29 is 18.4 Å². The normalized spacial score (nSPS) is 10.9. The van der Waals surface area contributed by atoms with Gasteiger partial charge in [0.25, 0.3) is 5.91 Å².